The summed E-state index contributed by atoms with van der Waals surface area (Å²) in [7, 11) is 0. The lowest BCUT2D eigenvalue weighted by Crippen LogP contribution is -2.33. The second kappa shape index (κ2) is 5.98. The highest BCUT2D eigenvalue weighted by atomic mass is 19.4. The van der Waals surface area contributed by atoms with Gasteiger partial charge in [-0.1, -0.05) is 0 Å². The molecule has 1 atom stereocenters. The first-order chi connectivity index (χ1) is 7.79. The van der Waals surface area contributed by atoms with E-state index in [0.717, 1.165) is 6.42 Å². The third-order valence-electron chi connectivity index (χ3n) is 2.99. The van der Waals surface area contributed by atoms with E-state index in [1.807, 2.05) is 0 Å². The minimum Gasteiger partial charge on any atom is -0.316 e. The molecular weight excluding hydrogens is 241 g/mol. The van der Waals surface area contributed by atoms with Crippen molar-refractivity contribution < 1.29 is 22.0 Å². The predicted octanol–water partition coefficient (Wildman–Crippen LogP) is 3.74. The Morgan fingerprint density at radius 2 is 1.94 bits per heavy atom. The Morgan fingerprint density at radius 3 is 2.53 bits per heavy atom. The Labute approximate surface area is 97.8 Å². The van der Waals surface area contributed by atoms with Gasteiger partial charge in [0.1, 0.15) is 0 Å². The molecule has 1 N–H and O–H groups in total. The average molecular weight is 259 g/mol. The van der Waals surface area contributed by atoms with Gasteiger partial charge in [-0.05, 0) is 38.3 Å². The molecule has 17 heavy (non-hydrogen) atoms. The molecule has 0 radical (unpaired) electrons. The third-order valence-corrected chi connectivity index (χ3v) is 2.99. The highest BCUT2D eigenvalue weighted by Gasteiger charge is 2.35. The fourth-order valence-corrected chi connectivity index (χ4v) is 2.17. The van der Waals surface area contributed by atoms with Gasteiger partial charge in [0.2, 0.25) is 5.92 Å². The highest BCUT2D eigenvalue weighted by Crippen LogP contribution is 2.36. The predicted molar refractivity (Wildman–Crippen MR) is 55.1 cm³/mol. The van der Waals surface area contributed by atoms with Crippen LogP contribution in [-0.4, -0.2) is 25.2 Å². The Hall–Kier alpha value is -0.390. The number of hydrogen-bond donors (Lipinski definition) is 1. The molecule has 0 aromatic heterocycles. The lowest BCUT2D eigenvalue weighted by atomic mass is 9.86. The van der Waals surface area contributed by atoms with Crippen LogP contribution in [0.5, 0.6) is 0 Å². The second-order valence-corrected chi connectivity index (χ2v) is 4.74. The summed E-state index contributed by atoms with van der Waals surface area (Å²) >= 11 is 0. The van der Waals surface area contributed by atoms with Gasteiger partial charge in [0.05, 0.1) is 0 Å². The van der Waals surface area contributed by atoms with Gasteiger partial charge in [-0.25, -0.2) is 8.78 Å². The third kappa shape index (κ3) is 6.81. The van der Waals surface area contributed by atoms with E-state index in [2.05, 4.69) is 5.32 Å². The first-order valence-electron chi connectivity index (χ1n) is 5.94. The van der Waals surface area contributed by atoms with Crippen molar-refractivity contribution in [3.8, 4) is 0 Å². The van der Waals surface area contributed by atoms with E-state index in [4.69, 9.17) is 0 Å². The normalized spacial score (nSPS) is 24.9. The first-order valence-corrected chi connectivity index (χ1v) is 5.94. The molecule has 6 heteroatoms. The van der Waals surface area contributed by atoms with Crippen LogP contribution in [0.15, 0.2) is 0 Å². The van der Waals surface area contributed by atoms with Crippen LogP contribution in [0.2, 0.25) is 0 Å². The number of halogens is 5. The van der Waals surface area contributed by atoms with Crippen LogP contribution in [0.25, 0.3) is 0 Å². The van der Waals surface area contributed by atoms with Gasteiger partial charge in [-0.15, -0.1) is 0 Å². The maximum Gasteiger partial charge on any atom is 0.389 e. The zero-order valence-corrected chi connectivity index (χ0v) is 9.62. The summed E-state index contributed by atoms with van der Waals surface area (Å²) in [5, 5.41) is 2.83. The van der Waals surface area contributed by atoms with Gasteiger partial charge in [0, 0.05) is 19.3 Å². The van der Waals surface area contributed by atoms with E-state index in [1.54, 1.807) is 0 Å². The van der Waals surface area contributed by atoms with Crippen molar-refractivity contribution in [1.29, 1.82) is 0 Å². The van der Waals surface area contributed by atoms with Crippen molar-refractivity contribution in [3.63, 3.8) is 0 Å². The van der Waals surface area contributed by atoms with Crippen LogP contribution < -0.4 is 5.32 Å². The van der Waals surface area contributed by atoms with E-state index >= 15 is 0 Å². The van der Waals surface area contributed by atoms with Gasteiger partial charge < -0.3 is 5.32 Å². The molecule has 1 unspecified atom stereocenters. The summed E-state index contributed by atoms with van der Waals surface area (Å²) in [6, 6.07) is 0. The van der Waals surface area contributed by atoms with Crippen LogP contribution in [0.3, 0.4) is 0 Å². The monoisotopic (exact) mass is 259 g/mol. The Morgan fingerprint density at radius 1 is 1.24 bits per heavy atom. The standard InChI is InChI=1S/C11H18F5N/c12-10(13)4-1-3-9(7-10)8-17-6-2-5-11(14,15)16/h9,17H,1-8H2. The number of rotatable bonds is 5. The Bertz CT molecular complexity index is 226. The fraction of sp³-hybridized carbons (Fsp3) is 1.00. The number of nitrogens with one attached hydrogen (secondary N) is 1. The molecule has 0 aliphatic heterocycles. The van der Waals surface area contributed by atoms with Crippen molar-refractivity contribution in [1.82, 2.24) is 5.32 Å². The summed E-state index contributed by atoms with van der Waals surface area (Å²) in [6.07, 6.45) is -3.90. The zero-order valence-electron chi connectivity index (χ0n) is 9.62. The highest BCUT2D eigenvalue weighted by molar-refractivity contribution is 4.79. The lowest BCUT2D eigenvalue weighted by molar-refractivity contribution is -0.135. The van der Waals surface area contributed by atoms with E-state index in [-0.39, 0.29) is 31.7 Å². The van der Waals surface area contributed by atoms with E-state index in [1.165, 1.54) is 0 Å². The number of hydrogen-bond acceptors (Lipinski definition) is 1. The molecule has 0 bridgehead atoms. The van der Waals surface area contributed by atoms with Crippen LogP contribution in [0, 0.1) is 5.92 Å². The minimum atomic E-state index is -4.13. The number of alkyl halides is 5. The molecule has 0 aromatic carbocycles. The molecule has 1 aliphatic rings. The van der Waals surface area contributed by atoms with Crippen LogP contribution in [0.4, 0.5) is 22.0 Å². The smallest absolute Gasteiger partial charge is 0.316 e. The van der Waals surface area contributed by atoms with Crippen LogP contribution in [-0.2, 0) is 0 Å². The zero-order chi connectivity index (χ0) is 12.9. The van der Waals surface area contributed by atoms with Crippen molar-refractivity contribution in [2.75, 3.05) is 13.1 Å². The molecule has 1 aliphatic carbocycles. The average Bonchev–Trinajstić information content (AvgIpc) is 2.13. The molecule has 1 nitrogen and oxygen atoms in total. The van der Waals surface area contributed by atoms with Gasteiger partial charge >= 0.3 is 6.18 Å². The minimum absolute atomic E-state index is 0.00656. The molecule has 102 valence electrons. The summed E-state index contributed by atoms with van der Waals surface area (Å²) in [5.41, 5.74) is 0. The molecule has 0 saturated heterocycles. The molecule has 0 heterocycles. The van der Waals surface area contributed by atoms with Gasteiger partial charge in [-0.2, -0.15) is 13.2 Å². The summed E-state index contributed by atoms with van der Waals surface area (Å²) in [5.74, 6) is -2.69. The fourth-order valence-electron chi connectivity index (χ4n) is 2.17. The topological polar surface area (TPSA) is 12.0 Å². The maximum atomic E-state index is 13.0. The van der Waals surface area contributed by atoms with Crippen molar-refractivity contribution in [2.45, 2.75) is 50.6 Å². The Balaban J connectivity index is 2.07. The van der Waals surface area contributed by atoms with E-state index in [9.17, 15) is 22.0 Å². The maximum absolute atomic E-state index is 13.0. The Kier molecular flexibility index (Phi) is 5.16. The van der Waals surface area contributed by atoms with Gasteiger partial charge in [0.25, 0.3) is 0 Å². The van der Waals surface area contributed by atoms with Gasteiger partial charge in [-0.3, -0.25) is 0 Å². The van der Waals surface area contributed by atoms with Crippen LogP contribution >= 0.6 is 0 Å². The quantitative estimate of drug-likeness (QED) is 0.585. The van der Waals surface area contributed by atoms with E-state index < -0.39 is 18.5 Å². The molecule has 0 amide bonds. The molecule has 0 aromatic rings. The van der Waals surface area contributed by atoms with E-state index in [0.29, 0.717) is 13.0 Å². The molecule has 1 rings (SSSR count). The van der Waals surface area contributed by atoms with Crippen molar-refractivity contribution >= 4 is 0 Å². The lowest BCUT2D eigenvalue weighted by Gasteiger charge is -2.29. The van der Waals surface area contributed by atoms with Crippen LogP contribution in [0.1, 0.15) is 38.5 Å². The van der Waals surface area contributed by atoms with Crippen molar-refractivity contribution in [2.24, 2.45) is 5.92 Å². The van der Waals surface area contributed by atoms with Crippen molar-refractivity contribution in [3.05, 3.63) is 0 Å². The summed E-state index contributed by atoms with van der Waals surface area (Å²) < 4.78 is 61.5. The van der Waals surface area contributed by atoms with Gasteiger partial charge in [0.15, 0.2) is 0 Å². The molecule has 1 saturated carbocycles. The SMILES string of the molecule is FC(F)(F)CCCNCC1CCCC(F)(F)C1. The second-order valence-electron chi connectivity index (χ2n) is 4.74. The first kappa shape index (κ1) is 14.7. The molecular formula is C11H18F5N. The summed E-state index contributed by atoms with van der Waals surface area (Å²) in [4.78, 5) is 0. The largest absolute Gasteiger partial charge is 0.389 e. The summed E-state index contributed by atoms with van der Waals surface area (Å²) in [6.45, 7) is 0.634. The molecule has 0 spiro atoms. The molecule has 1 fully saturated rings.